The molecule has 0 aliphatic rings. The summed E-state index contributed by atoms with van der Waals surface area (Å²) in [4.78, 5) is 16.9. The van der Waals surface area contributed by atoms with E-state index in [1.807, 2.05) is 62.6 Å². The molecule has 0 atom stereocenters. The van der Waals surface area contributed by atoms with Crippen LogP contribution in [0, 0.1) is 18.8 Å². The van der Waals surface area contributed by atoms with Gasteiger partial charge in [-0.25, -0.2) is 4.98 Å². The first-order chi connectivity index (χ1) is 15.0. The fourth-order valence-corrected chi connectivity index (χ4v) is 3.06. The summed E-state index contributed by atoms with van der Waals surface area (Å²) in [7, 11) is 1.86. The number of amides is 1. The number of para-hydroxylation sites is 1. The molecule has 2 heterocycles. The lowest BCUT2D eigenvalue weighted by Gasteiger charge is -2.07. The molecule has 0 aliphatic heterocycles. The molecule has 4 aromatic rings. The summed E-state index contributed by atoms with van der Waals surface area (Å²) < 4.78 is 1.73. The SMILES string of the molecule is Cc1ccc(C(=O)Nc2ccccc2)cc1C#Cc1cc(-c2cnn(C)c2)cnc1N. The van der Waals surface area contributed by atoms with Crippen molar-refractivity contribution < 1.29 is 4.79 Å². The van der Waals surface area contributed by atoms with Crippen molar-refractivity contribution in [2.24, 2.45) is 7.05 Å². The van der Waals surface area contributed by atoms with Gasteiger partial charge in [0.15, 0.2) is 0 Å². The van der Waals surface area contributed by atoms with Crippen molar-refractivity contribution in [1.29, 1.82) is 0 Å². The maximum atomic E-state index is 12.6. The number of carbonyl (C=O) groups excluding carboxylic acids is 1. The summed E-state index contributed by atoms with van der Waals surface area (Å²) in [5.74, 6) is 6.42. The van der Waals surface area contributed by atoms with E-state index in [0.717, 1.165) is 27.9 Å². The minimum atomic E-state index is -0.186. The maximum absolute atomic E-state index is 12.6. The van der Waals surface area contributed by atoms with Crippen LogP contribution < -0.4 is 11.1 Å². The highest BCUT2D eigenvalue weighted by molar-refractivity contribution is 6.04. The largest absolute Gasteiger partial charge is 0.383 e. The zero-order valence-electron chi connectivity index (χ0n) is 17.3. The van der Waals surface area contributed by atoms with Gasteiger partial charge in [0.05, 0.1) is 11.8 Å². The maximum Gasteiger partial charge on any atom is 0.255 e. The number of nitrogens with one attached hydrogen (secondary N) is 1. The number of benzene rings is 2. The molecule has 0 aliphatic carbocycles. The van der Waals surface area contributed by atoms with E-state index in [9.17, 15) is 4.79 Å². The average Bonchev–Trinajstić information content (AvgIpc) is 3.21. The summed E-state index contributed by atoms with van der Waals surface area (Å²) in [5, 5.41) is 7.08. The second-order valence-corrected chi connectivity index (χ2v) is 7.16. The summed E-state index contributed by atoms with van der Waals surface area (Å²) in [5.41, 5.74) is 11.5. The van der Waals surface area contributed by atoms with Crippen LogP contribution in [0.4, 0.5) is 11.5 Å². The lowest BCUT2D eigenvalue weighted by atomic mass is 10.0. The standard InChI is InChI=1S/C25H21N5O/c1-17-8-9-20(25(31)29-23-6-4-3-5-7-23)12-18(17)10-11-19-13-21(14-27-24(19)26)22-15-28-30(2)16-22/h3-9,12-16H,1-2H3,(H2,26,27)(H,29,31). The molecular formula is C25H21N5O. The Morgan fingerprint density at radius 1 is 1.00 bits per heavy atom. The summed E-state index contributed by atoms with van der Waals surface area (Å²) in [6.45, 7) is 1.95. The molecule has 31 heavy (non-hydrogen) atoms. The van der Waals surface area contributed by atoms with E-state index in [2.05, 4.69) is 27.2 Å². The number of aromatic nitrogens is 3. The van der Waals surface area contributed by atoms with Crippen LogP contribution in [0.2, 0.25) is 0 Å². The molecule has 0 spiro atoms. The number of aryl methyl sites for hydroxylation is 2. The van der Waals surface area contributed by atoms with Gasteiger partial charge in [-0.15, -0.1) is 0 Å². The van der Waals surface area contributed by atoms with Crippen molar-refractivity contribution >= 4 is 17.4 Å². The van der Waals surface area contributed by atoms with Crippen molar-refractivity contribution in [3.63, 3.8) is 0 Å². The molecule has 152 valence electrons. The van der Waals surface area contributed by atoms with E-state index < -0.39 is 0 Å². The minimum Gasteiger partial charge on any atom is -0.383 e. The molecule has 2 aromatic carbocycles. The molecule has 6 nitrogen and oxygen atoms in total. The third-order valence-corrected chi connectivity index (χ3v) is 4.82. The smallest absolute Gasteiger partial charge is 0.255 e. The van der Waals surface area contributed by atoms with Gasteiger partial charge in [0.2, 0.25) is 0 Å². The zero-order chi connectivity index (χ0) is 21.8. The zero-order valence-corrected chi connectivity index (χ0v) is 17.3. The van der Waals surface area contributed by atoms with Gasteiger partial charge in [-0.05, 0) is 42.8 Å². The van der Waals surface area contributed by atoms with Crippen LogP contribution in [-0.2, 0) is 7.05 Å². The number of hydrogen-bond acceptors (Lipinski definition) is 4. The minimum absolute atomic E-state index is 0.186. The quantitative estimate of drug-likeness (QED) is 0.502. The van der Waals surface area contributed by atoms with Crippen LogP contribution >= 0.6 is 0 Å². The van der Waals surface area contributed by atoms with Crippen molar-refractivity contribution in [2.45, 2.75) is 6.92 Å². The van der Waals surface area contributed by atoms with Gasteiger partial charge in [-0.3, -0.25) is 9.48 Å². The highest BCUT2D eigenvalue weighted by Crippen LogP contribution is 2.21. The third-order valence-electron chi connectivity index (χ3n) is 4.82. The number of nitrogen functional groups attached to an aromatic ring is 1. The normalized spacial score (nSPS) is 10.3. The van der Waals surface area contributed by atoms with Crippen molar-refractivity contribution in [1.82, 2.24) is 14.8 Å². The number of anilines is 2. The number of carbonyl (C=O) groups is 1. The van der Waals surface area contributed by atoms with E-state index in [4.69, 9.17) is 5.73 Å². The molecule has 0 radical (unpaired) electrons. The highest BCUT2D eigenvalue weighted by atomic mass is 16.1. The van der Waals surface area contributed by atoms with Crippen LogP contribution in [-0.4, -0.2) is 20.7 Å². The molecule has 0 saturated heterocycles. The van der Waals surface area contributed by atoms with E-state index in [-0.39, 0.29) is 5.91 Å². The van der Waals surface area contributed by atoms with Gasteiger partial charge < -0.3 is 11.1 Å². The molecule has 2 aromatic heterocycles. The van der Waals surface area contributed by atoms with Crippen LogP contribution in [0.3, 0.4) is 0 Å². The molecule has 4 rings (SSSR count). The van der Waals surface area contributed by atoms with Gasteiger partial charge in [0.25, 0.3) is 5.91 Å². The van der Waals surface area contributed by atoms with Crippen molar-refractivity contribution in [2.75, 3.05) is 11.1 Å². The lowest BCUT2D eigenvalue weighted by molar-refractivity contribution is 0.102. The lowest BCUT2D eigenvalue weighted by Crippen LogP contribution is -2.12. The first-order valence-corrected chi connectivity index (χ1v) is 9.73. The molecule has 0 fully saturated rings. The highest BCUT2D eigenvalue weighted by Gasteiger charge is 2.08. The number of nitrogens with zero attached hydrogens (tertiary/aromatic N) is 3. The van der Waals surface area contributed by atoms with Gasteiger partial charge in [0, 0.05) is 47.4 Å². The van der Waals surface area contributed by atoms with E-state index >= 15 is 0 Å². The Morgan fingerprint density at radius 2 is 1.77 bits per heavy atom. The Morgan fingerprint density at radius 3 is 2.52 bits per heavy atom. The fourth-order valence-electron chi connectivity index (χ4n) is 3.06. The molecule has 1 amide bonds. The van der Waals surface area contributed by atoms with Gasteiger partial charge >= 0.3 is 0 Å². The van der Waals surface area contributed by atoms with Gasteiger partial charge in [0.1, 0.15) is 5.82 Å². The van der Waals surface area contributed by atoms with E-state index in [1.54, 1.807) is 29.2 Å². The van der Waals surface area contributed by atoms with E-state index in [1.165, 1.54) is 0 Å². The van der Waals surface area contributed by atoms with Crippen LogP contribution in [0.15, 0.2) is 73.2 Å². The average molecular weight is 407 g/mol. The molecule has 3 N–H and O–H groups in total. The summed E-state index contributed by atoms with van der Waals surface area (Å²) in [6, 6.07) is 16.7. The predicted octanol–water partition coefficient (Wildman–Crippen LogP) is 4.02. The molecular weight excluding hydrogens is 386 g/mol. The Labute approximate surface area is 180 Å². The fraction of sp³-hybridized carbons (Fsp3) is 0.0800. The van der Waals surface area contributed by atoms with Crippen molar-refractivity contribution in [3.05, 3.63) is 95.4 Å². The monoisotopic (exact) mass is 407 g/mol. The molecule has 0 unspecified atom stereocenters. The van der Waals surface area contributed by atoms with Gasteiger partial charge in [-0.2, -0.15) is 5.10 Å². The second-order valence-electron chi connectivity index (χ2n) is 7.16. The molecule has 6 heteroatoms. The Hall–Kier alpha value is -4.37. The van der Waals surface area contributed by atoms with E-state index in [0.29, 0.717) is 16.9 Å². The van der Waals surface area contributed by atoms with Gasteiger partial charge in [-0.1, -0.05) is 36.1 Å². The molecule has 0 bridgehead atoms. The number of hydrogen-bond donors (Lipinski definition) is 2. The Bertz CT molecular complexity index is 1310. The topological polar surface area (TPSA) is 85.8 Å². The van der Waals surface area contributed by atoms with Crippen LogP contribution in [0.1, 0.15) is 27.0 Å². The molecule has 0 saturated carbocycles. The first kappa shape index (κ1) is 19.9. The summed E-state index contributed by atoms with van der Waals surface area (Å²) in [6.07, 6.45) is 5.38. The second kappa shape index (κ2) is 8.56. The third kappa shape index (κ3) is 4.62. The Balaban J connectivity index is 1.62. The van der Waals surface area contributed by atoms with Crippen LogP contribution in [0.25, 0.3) is 11.1 Å². The number of rotatable bonds is 3. The predicted molar refractivity (Wildman–Crippen MR) is 122 cm³/mol. The Kier molecular flexibility index (Phi) is 5.50. The van der Waals surface area contributed by atoms with Crippen LogP contribution in [0.5, 0.6) is 0 Å². The number of nitrogens with two attached hydrogens (primary N) is 1. The number of pyridine rings is 1. The summed E-state index contributed by atoms with van der Waals surface area (Å²) >= 11 is 0. The van der Waals surface area contributed by atoms with Crippen molar-refractivity contribution in [3.8, 4) is 23.0 Å². The first-order valence-electron chi connectivity index (χ1n) is 9.73.